The van der Waals surface area contributed by atoms with Crippen LogP contribution >= 0.6 is 0 Å². The molecule has 0 N–H and O–H groups in total. The molecule has 1 unspecified atom stereocenters. The Morgan fingerprint density at radius 3 is 2.83 bits per heavy atom. The molecule has 0 saturated carbocycles. The second kappa shape index (κ2) is 4.96. The molecular formula is C19H14N2O3. The lowest BCUT2D eigenvalue weighted by Crippen LogP contribution is -2.07. The lowest BCUT2D eigenvalue weighted by molar-refractivity contribution is 0.0979. The number of nitrogens with zero attached hydrogens (tertiary/aromatic N) is 2. The average Bonchev–Trinajstić information content (AvgIpc) is 3.25. The second-order valence-corrected chi connectivity index (χ2v) is 5.99. The molecular weight excluding hydrogens is 304 g/mol. The van der Waals surface area contributed by atoms with Crippen molar-refractivity contribution < 1.29 is 14.3 Å². The summed E-state index contributed by atoms with van der Waals surface area (Å²) in [6, 6.07) is 11.7. The van der Waals surface area contributed by atoms with Gasteiger partial charge in [-0.3, -0.25) is 9.78 Å². The molecule has 5 rings (SSSR count). The Bertz CT molecular complexity index is 947. The van der Waals surface area contributed by atoms with E-state index in [1.807, 2.05) is 36.7 Å². The van der Waals surface area contributed by atoms with E-state index in [-0.39, 0.29) is 18.5 Å². The van der Waals surface area contributed by atoms with E-state index in [2.05, 4.69) is 15.6 Å². The van der Waals surface area contributed by atoms with E-state index in [1.54, 1.807) is 12.3 Å². The molecule has 0 saturated heterocycles. The highest BCUT2D eigenvalue weighted by Crippen LogP contribution is 2.41. The number of hydrogen-bond donors (Lipinski definition) is 0. The summed E-state index contributed by atoms with van der Waals surface area (Å²) < 4.78 is 13.0. The summed E-state index contributed by atoms with van der Waals surface area (Å²) in [7, 11) is 0. The Morgan fingerprint density at radius 2 is 2.00 bits per heavy atom. The summed E-state index contributed by atoms with van der Waals surface area (Å²) in [5.41, 5.74) is 3.63. The summed E-state index contributed by atoms with van der Waals surface area (Å²) in [6.45, 7) is 0.198. The number of fused-ring (bicyclic) bond motifs is 4. The first-order chi connectivity index (χ1) is 11.8. The van der Waals surface area contributed by atoms with Crippen LogP contribution in [0.15, 0.2) is 55.0 Å². The van der Waals surface area contributed by atoms with Gasteiger partial charge in [0.15, 0.2) is 17.3 Å². The van der Waals surface area contributed by atoms with Gasteiger partial charge in [-0.1, -0.05) is 6.07 Å². The largest absolute Gasteiger partial charge is 0.454 e. The highest BCUT2D eigenvalue weighted by Gasteiger charge is 2.30. The van der Waals surface area contributed by atoms with Gasteiger partial charge in [-0.25, -0.2) is 0 Å². The molecule has 0 amide bonds. The van der Waals surface area contributed by atoms with Crippen molar-refractivity contribution in [2.45, 2.75) is 12.3 Å². The van der Waals surface area contributed by atoms with E-state index in [0.29, 0.717) is 23.5 Å². The van der Waals surface area contributed by atoms with Gasteiger partial charge in [0.05, 0.1) is 5.69 Å². The summed E-state index contributed by atoms with van der Waals surface area (Å²) in [4.78, 5) is 17.1. The first kappa shape index (κ1) is 13.4. The number of carbonyl (C=O) groups is 1. The van der Waals surface area contributed by atoms with Crippen molar-refractivity contribution in [2.24, 2.45) is 0 Å². The van der Waals surface area contributed by atoms with E-state index >= 15 is 0 Å². The van der Waals surface area contributed by atoms with Gasteiger partial charge in [-0.05, 0) is 29.8 Å². The zero-order valence-electron chi connectivity index (χ0n) is 12.8. The van der Waals surface area contributed by atoms with E-state index < -0.39 is 0 Å². The van der Waals surface area contributed by atoms with Crippen LogP contribution in [0.5, 0.6) is 11.5 Å². The number of benzene rings is 1. The molecule has 0 bridgehead atoms. The van der Waals surface area contributed by atoms with Gasteiger partial charge in [0.25, 0.3) is 0 Å². The SMILES string of the molecule is O=C1CC(c2cccnc2)c2cccn2-c2cc3c(cc21)OCO3. The highest BCUT2D eigenvalue weighted by molar-refractivity contribution is 6.01. The number of ketones is 1. The predicted octanol–water partition coefficient (Wildman–Crippen LogP) is 3.32. The van der Waals surface area contributed by atoms with E-state index in [0.717, 1.165) is 16.9 Å². The van der Waals surface area contributed by atoms with Gasteiger partial charge >= 0.3 is 0 Å². The molecule has 118 valence electrons. The molecule has 5 nitrogen and oxygen atoms in total. The second-order valence-electron chi connectivity index (χ2n) is 5.99. The Morgan fingerprint density at radius 1 is 1.12 bits per heavy atom. The summed E-state index contributed by atoms with van der Waals surface area (Å²) in [5.74, 6) is 1.39. The van der Waals surface area contributed by atoms with Gasteiger partial charge < -0.3 is 14.0 Å². The average molecular weight is 318 g/mol. The fourth-order valence-electron chi connectivity index (χ4n) is 3.52. The van der Waals surface area contributed by atoms with Crippen LogP contribution in [0.4, 0.5) is 0 Å². The van der Waals surface area contributed by atoms with Crippen LogP contribution in [0.1, 0.15) is 34.0 Å². The monoisotopic (exact) mass is 318 g/mol. The van der Waals surface area contributed by atoms with E-state index in [4.69, 9.17) is 9.47 Å². The van der Waals surface area contributed by atoms with Crippen LogP contribution in [0, 0.1) is 0 Å². The van der Waals surface area contributed by atoms with Crippen molar-refractivity contribution in [3.05, 3.63) is 71.8 Å². The van der Waals surface area contributed by atoms with E-state index in [9.17, 15) is 4.79 Å². The number of carbonyl (C=O) groups excluding carboxylic acids is 1. The molecule has 2 aliphatic rings. The number of aromatic nitrogens is 2. The third kappa shape index (κ3) is 1.88. The van der Waals surface area contributed by atoms with Gasteiger partial charge in [0.2, 0.25) is 6.79 Å². The summed E-state index contributed by atoms with van der Waals surface area (Å²) in [5, 5.41) is 0. The normalized spacial score (nSPS) is 18.0. The molecule has 24 heavy (non-hydrogen) atoms. The van der Waals surface area contributed by atoms with Crippen molar-refractivity contribution >= 4 is 5.78 Å². The smallest absolute Gasteiger partial charge is 0.231 e. The summed E-state index contributed by atoms with van der Waals surface area (Å²) in [6.07, 6.45) is 5.97. The number of hydrogen-bond acceptors (Lipinski definition) is 4. The number of pyridine rings is 1. The Hall–Kier alpha value is -3.08. The molecule has 0 fully saturated rings. The fraction of sp³-hybridized carbons (Fsp3) is 0.158. The Balaban J connectivity index is 1.73. The minimum Gasteiger partial charge on any atom is -0.454 e. The maximum absolute atomic E-state index is 12.9. The predicted molar refractivity (Wildman–Crippen MR) is 86.9 cm³/mol. The lowest BCUT2D eigenvalue weighted by Gasteiger charge is -2.16. The molecule has 1 aromatic carbocycles. The molecule has 4 heterocycles. The third-order valence-corrected chi connectivity index (χ3v) is 4.66. The molecule has 0 aliphatic carbocycles. The standard InChI is InChI=1S/C19H14N2O3/c22-17-7-13(12-3-1-5-20-10-12)15-4-2-6-21(15)16-9-19-18(8-14(16)17)23-11-24-19/h1-6,8-10,13H,7,11H2. The number of ether oxygens (including phenoxy) is 2. The van der Waals surface area contributed by atoms with Crippen LogP contribution in [0.25, 0.3) is 5.69 Å². The molecule has 5 heteroatoms. The number of Topliss-reactive ketones (excluding diaryl/α,β-unsaturated/α-hetero) is 1. The van der Waals surface area contributed by atoms with Crippen molar-refractivity contribution in [1.82, 2.24) is 9.55 Å². The maximum atomic E-state index is 12.9. The fourth-order valence-corrected chi connectivity index (χ4v) is 3.52. The highest BCUT2D eigenvalue weighted by atomic mass is 16.7. The Labute approximate surface area is 138 Å². The molecule has 1 atom stereocenters. The minimum absolute atomic E-state index is 0.0229. The topological polar surface area (TPSA) is 53.4 Å². The molecule has 2 aromatic heterocycles. The van der Waals surface area contributed by atoms with Crippen LogP contribution < -0.4 is 9.47 Å². The molecule has 2 aliphatic heterocycles. The zero-order chi connectivity index (χ0) is 16.1. The van der Waals surface area contributed by atoms with Crippen LogP contribution in [0.3, 0.4) is 0 Å². The van der Waals surface area contributed by atoms with Crippen molar-refractivity contribution in [1.29, 1.82) is 0 Å². The maximum Gasteiger partial charge on any atom is 0.231 e. The first-order valence-electron chi connectivity index (χ1n) is 7.85. The summed E-state index contributed by atoms with van der Waals surface area (Å²) >= 11 is 0. The zero-order valence-corrected chi connectivity index (χ0v) is 12.8. The molecule has 0 radical (unpaired) electrons. The van der Waals surface area contributed by atoms with Gasteiger partial charge in [-0.2, -0.15) is 0 Å². The van der Waals surface area contributed by atoms with Gasteiger partial charge in [0, 0.05) is 48.3 Å². The Kier molecular flexibility index (Phi) is 2.76. The van der Waals surface area contributed by atoms with Gasteiger partial charge in [-0.15, -0.1) is 0 Å². The quantitative estimate of drug-likeness (QED) is 0.691. The minimum atomic E-state index is -0.0229. The number of rotatable bonds is 1. The lowest BCUT2D eigenvalue weighted by atomic mass is 9.91. The van der Waals surface area contributed by atoms with Crippen LogP contribution in [-0.2, 0) is 0 Å². The van der Waals surface area contributed by atoms with Crippen LogP contribution in [0.2, 0.25) is 0 Å². The molecule has 0 spiro atoms. The van der Waals surface area contributed by atoms with Crippen molar-refractivity contribution in [3.63, 3.8) is 0 Å². The molecule has 3 aromatic rings. The first-order valence-corrected chi connectivity index (χ1v) is 7.85. The van der Waals surface area contributed by atoms with Gasteiger partial charge in [0.1, 0.15) is 0 Å². The third-order valence-electron chi connectivity index (χ3n) is 4.66. The van der Waals surface area contributed by atoms with E-state index in [1.165, 1.54) is 0 Å². The van der Waals surface area contributed by atoms with Crippen molar-refractivity contribution in [3.8, 4) is 17.2 Å². The van der Waals surface area contributed by atoms with Crippen LogP contribution in [-0.4, -0.2) is 22.1 Å². The van der Waals surface area contributed by atoms with Crippen molar-refractivity contribution in [2.75, 3.05) is 6.79 Å².